The summed E-state index contributed by atoms with van der Waals surface area (Å²) in [5, 5.41) is 2.70. The predicted octanol–water partition coefficient (Wildman–Crippen LogP) is 1.26. The van der Waals surface area contributed by atoms with E-state index >= 15 is 0 Å². The van der Waals surface area contributed by atoms with Crippen molar-refractivity contribution in [3.05, 3.63) is 35.9 Å². The van der Waals surface area contributed by atoms with E-state index in [1.165, 1.54) is 0 Å². The van der Waals surface area contributed by atoms with Crippen molar-refractivity contribution in [3.63, 3.8) is 0 Å². The van der Waals surface area contributed by atoms with E-state index in [4.69, 9.17) is 4.74 Å². The minimum Gasteiger partial charge on any atom is -0.357 e. The van der Waals surface area contributed by atoms with Gasteiger partial charge in [0, 0.05) is 0 Å². The lowest BCUT2D eigenvalue weighted by Gasteiger charge is -2.28. The van der Waals surface area contributed by atoms with Crippen molar-refractivity contribution in [2.24, 2.45) is 0 Å². The fourth-order valence-electron chi connectivity index (χ4n) is 1.75. The predicted molar refractivity (Wildman–Crippen MR) is 52.7 cm³/mol. The van der Waals surface area contributed by atoms with Crippen LogP contribution in [0.1, 0.15) is 18.4 Å². The Morgan fingerprint density at radius 2 is 2.07 bits per heavy atom. The molecule has 0 aliphatic carbocycles. The fraction of sp³-hybridized carbons (Fsp3) is 0.364. The minimum atomic E-state index is -0.176. The molecular weight excluding hydrogens is 178 g/mol. The molecule has 0 radical (unpaired) electrons. The van der Waals surface area contributed by atoms with Gasteiger partial charge in [-0.3, -0.25) is 4.79 Å². The largest absolute Gasteiger partial charge is 0.357 e. The van der Waals surface area contributed by atoms with Crippen LogP contribution in [0.5, 0.6) is 0 Å². The van der Waals surface area contributed by atoms with Gasteiger partial charge in [0.25, 0.3) is 0 Å². The van der Waals surface area contributed by atoms with Crippen LogP contribution < -0.4 is 5.32 Å². The second-order valence-electron chi connectivity index (χ2n) is 3.45. The van der Waals surface area contributed by atoms with E-state index in [0.29, 0.717) is 6.73 Å². The number of ether oxygens (including phenoxy) is 1. The summed E-state index contributed by atoms with van der Waals surface area (Å²) in [6.07, 6.45) is -0.0499. The molecule has 14 heavy (non-hydrogen) atoms. The maximum Gasteiger partial charge on any atom is 0.231 e. The molecule has 1 aromatic rings. The third-order valence-electron chi connectivity index (χ3n) is 2.50. The zero-order valence-corrected chi connectivity index (χ0v) is 8.07. The van der Waals surface area contributed by atoms with E-state index in [1.807, 2.05) is 37.3 Å². The van der Waals surface area contributed by atoms with Crippen LogP contribution in [-0.4, -0.2) is 18.7 Å². The van der Waals surface area contributed by atoms with E-state index < -0.39 is 0 Å². The van der Waals surface area contributed by atoms with Crippen molar-refractivity contribution in [1.29, 1.82) is 0 Å². The summed E-state index contributed by atoms with van der Waals surface area (Å²) < 4.78 is 5.38. The first-order valence-corrected chi connectivity index (χ1v) is 4.73. The second-order valence-corrected chi connectivity index (χ2v) is 3.45. The lowest BCUT2D eigenvalue weighted by Crippen LogP contribution is -2.43. The van der Waals surface area contributed by atoms with Crippen LogP contribution in [0.15, 0.2) is 30.3 Å². The smallest absolute Gasteiger partial charge is 0.231 e. The van der Waals surface area contributed by atoms with Crippen molar-refractivity contribution >= 4 is 5.91 Å². The molecule has 0 bridgehead atoms. The van der Waals surface area contributed by atoms with E-state index in [9.17, 15) is 4.79 Å². The molecule has 0 saturated carbocycles. The molecule has 1 amide bonds. The number of carbonyl (C=O) groups is 1. The maximum absolute atomic E-state index is 11.6. The monoisotopic (exact) mass is 191 g/mol. The van der Waals surface area contributed by atoms with E-state index in [2.05, 4.69) is 5.32 Å². The van der Waals surface area contributed by atoms with Gasteiger partial charge in [-0.2, -0.15) is 0 Å². The number of benzene rings is 1. The number of hydrogen-bond donors (Lipinski definition) is 1. The second kappa shape index (κ2) is 3.80. The first-order valence-electron chi connectivity index (χ1n) is 4.73. The number of carbonyl (C=O) groups excluding carboxylic acids is 1. The molecule has 3 heteroatoms. The van der Waals surface area contributed by atoms with Crippen LogP contribution in [0.25, 0.3) is 0 Å². The molecule has 2 atom stereocenters. The third kappa shape index (κ3) is 1.63. The zero-order chi connectivity index (χ0) is 9.97. The molecule has 2 unspecified atom stereocenters. The Balaban J connectivity index is 2.27. The van der Waals surface area contributed by atoms with Gasteiger partial charge in [-0.05, 0) is 12.5 Å². The van der Waals surface area contributed by atoms with Crippen LogP contribution >= 0.6 is 0 Å². The molecule has 3 nitrogen and oxygen atoms in total. The summed E-state index contributed by atoms with van der Waals surface area (Å²) in [4.78, 5) is 11.6. The quantitative estimate of drug-likeness (QED) is 0.725. The SMILES string of the molecule is CC1OCNC(=O)C1c1ccccc1. The summed E-state index contributed by atoms with van der Waals surface area (Å²) in [7, 11) is 0. The van der Waals surface area contributed by atoms with Crippen molar-refractivity contribution in [1.82, 2.24) is 5.32 Å². The van der Waals surface area contributed by atoms with Crippen LogP contribution in [-0.2, 0) is 9.53 Å². The van der Waals surface area contributed by atoms with Gasteiger partial charge in [0.1, 0.15) is 6.73 Å². The van der Waals surface area contributed by atoms with E-state index in [1.54, 1.807) is 0 Å². The molecule has 0 aromatic heterocycles. The Labute approximate surface area is 83.1 Å². The highest BCUT2D eigenvalue weighted by Crippen LogP contribution is 2.24. The molecular formula is C11H13NO2. The first-order chi connectivity index (χ1) is 6.79. The molecule has 1 aliphatic rings. The van der Waals surface area contributed by atoms with Gasteiger partial charge >= 0.3 is 0 Å². The van der Waals surface area contributed by atoms with Crippen molar-refractivity contribution < 1.29 is 9.53 Å². The van der Waals surface area contributed by atoms with Crippen molar-refractivity contribution in [2.75, 3.05) is 6.73 Å². The Kier molecular flexibility index (Phi) is 2.50. The summed E-state index contributed by atoms with van der Waals surface area (Å²) >= 11 is 0. The van der Waals surface area contributed by atoms with Gasteiger partial charge in [-0.1, -0.05) is 30.3 Å². The van der Waals surface area contributed by atoms with Crippen LogP contribution in [0, 0.1) is 0 Å². The molecule has 1 heterocycles. The van der Waals surface area contributed by atoms with Crippen LogP contribution in [0.2, 0.25) is 0 Å². The number of hydrogen-bond acceptors (Lipinski definition) is 2. The lowest BCUT2D eigenvalue weighted by atomic mass is 9.92. The third-order valence-corrected chi connectivity index (χ3v) is 2.50. The maximum atomic E-state index is 11.6. The molecule has 1 saturated heterocycles. The normalized spacial score (nSPS) is 27.1. The summed E-state index contributed by atoms with van der Waals surface area (Å²) in [6.45, 7) is 2.25. The molecule has 1 fully saturated rings. The van der Waals surface area contributed by atoms with Crippen molar-refractivity contribution in [3.8, 4) is 0 Å². The van der Waals surface area contributed by atoms with E-state index in [-0.39, 0.29) is 17.9 Å². The number of rotatable bonds is 1. The molecule has 1 aliphatic heterocycles. The average Bonchev–Trinajstić information content (AvgIpc) is 2.19. The zero-order valence-electron chi connectivity index (χ0n) is 8.07. The Morgan fingerprint density at radius 1 is 1.36 bits per heavy atom. The average molecular weight is 191 g/mol. The number of nitrogens with one attached hydrogen (secondary N) is 1. The molecule has 1 N–H and O–H groups in total. The van der Waals surface area contributed by atoms with Gasteiger partial charge in [0.15, 0.2) is 0 Å². The highest BCUT2D eigenvalue weighted by molar-refractivity contribution is 5.84. The van der Waals surface area contributed by atoms with Gasteiger partial charge in [-0.25, -0.2) is 0 Å². The Morgan fingerprint density at radius 3 is 2.71 bits per heavy atom. The van der Waals surface area contributed by atoms with E-state index in [0.717, 1.165) is 5.56 Å². The lowest BCUT2D eigenvalue weighted by molar-refractivity contribution is -0.134. The minimum absolute atomic E-state index is 0.0499. The fourth-order valence-corrected chi connectivity index (χ4v) is 1.75. The standard InChI is InChI=1S/C11H13NO2/c1-8-10(11(13)12-7-14-8)9-5-3-2-4-6-9/h2-6,8,10H,7H2,1H3,(H,12,13). The summed E-state index contributed by atoms with van der Waals surface area (Å²) in [5.41, 5.74) is 1.01. The molecule has 74 valence electrons. The highest BCUT2D eigenvalue weighted by atomic mass is 16.5. The molecule has 0 spiro atoms. The Bertz CT molecular complexity index is 323. The van der Waals surface area contributed by atoms with Gasteiger partial charge in [-0.15, -0.1) is 0 Å². The molecule has 2 rings (SSSR count). The Hall–Kier alpha value is -1.35. The topological polar surface area (TPSA) is 38.3 Å². The highest BCUT2D eigenvalue weighted by Gasteiger charge is 2.30. The first kappa shape index (κ1) is 9.21. The van der Waals surface area contributed by atoms with Crippen LogP contribution in [0.4, 0.5) is 0 Å². The summed E-state index contributed by atoms with van der Waals surface area (Å²) in [5.74, 6) is -0.125. The van der Waals surface area contributed by atoms with Crippen LogP contribution in [0.3, 0.4) is 0 Å². The summed E-state index contributed by atoms with van der Waals surface area (Å²) in [6, 6.07) is 9.72. The van der Waals surface area contributed by atoms with Gasteiger partial charge < -0.3 is 10.1 Å². The van der Waals surface area contributed by atoms with Gasteiger partial charge in [0.2, 0.25) is 5.91 Å². The number of amides is 1. The van der Waals surface area contributed by atoms with Crippen molar-refractivity contribution in [2.45, 2.75) is 18.9 Å². The molecule has 1 aromatic carbocycles. The van der Waals surface area contributed by atoms with Gasteiger partial charge in [0.05, 0.1) is 12.0 Å².